The molecule has 0 spiro atoms. The first kappa shape index (κ1) is 22.9. The number of carbonyl (C=O) groups excluding carboxylic acids is 1. The van der Waals surface area contributed by atoms with Gasteiger partial charge in [0.05, 0.1) is 13.7 Å². The number of methoxy groups -OCH3 is 1. The molecule has 7 nitrogen and oxygen atoms in total. The Morgan fingerprint density at radius 2 is 1.68 bits per heavy atom. The molecule has 7 heteroatoms. The summed E-state index contributed by atoms with van der Waals surface area (Å²) in [5.41, 5.74) is 1.13. The second-order valence-corrected chi connectivity index (χ2v) is 7.81. The molecule has 1 unspecified atom stereocenters. The van der Waals surface area contributed by atoms with Crippen LogP contribution in [0.3, 0.4) is 0 Å². The second-order valence-electron chi connectivity index (χ2n) is 7.81. The lowest BCUT2D eigenvalue weighted by Crippen LogP contribution is -2.32. The lowest BCUT2D eigenvalue weighted by atomic mass is 10.2. The van der Waals surface area contributed by atoms with E-state index in [1.54, 1.807) is 7.11 Å². The maximum atomic E-state index is 11.6. The van der Waals surface area contributed by atoms with Crippen LogP contribution in [0.1, 0.15) is 18.4 Å². The fourth-order valence-corrected chi connectivity index (χ4v) is 3.56. The van der Waals surface area contributed by atoms with Crippen molar-refractivity contribution in [3.8, 4) is 17.2 Å². The van der Waals surface area contributed by atoms with Crippen LogP contribution in [-0.2, 0) is 11.3 Å². The molecule has 0 aliphatic carbocycles. The SMILES string of the molecule is COc1ccc(OCC(O)CN(C)Cc2ccc(OCCN3CCCC3=O)cc2)cc1. The lowest BCUT2D eigenvalue weighted by Gasteiger charge is -2.21. The van der Waals surface area contributed by atoms with Crippen molar-refractivity contribution in [2.75, 3.05) is 47.0 Å². The maximum Gasteiger partial charge on any atom is 0.222 e. The molecule has 0 bridgehead atoms. The topological polar surface area (TPSA) is 71.5 Å². The molecule has 1 atom stereocenters. The van der Waals surface area contributed by atoms with E-state index in [1.807, 2.05) is 60.5 Å². The number of hydrogen-bond donors (Lipinski definition) is 1. The number of likely N-dealkylation sites (N-methyl/N-ethyl adjacent to an activating group) is 1. The summed E-state index contributed by atoms with van der Waals surface area (Å²) < 4.78 is 16.5. The number of ether oxygens (including phenoxy) is 3. The molecule has 168 valence electrons. The third kappa shape index (κ3) is 7.45. The largest absolute Gasteiger partial charge is 0.497 e. The zero-order valence-electron chi connectivity index (χ0n) is 18.3. The average molecular weight is 429 g/mol. The van der Waals surface area contributed by atoms with Crippen molar-refractivity contribution in [3.63, 3.8) is 0 Å². The monoisotopic (exact) mass is 428 g/mol. The van der Waals surface area contributed by atoms with Gasteiger partial charge in [-0.2, -0.15) is 0 Å². The lowest BCUT2D eigenvalue weighted by molar-refractivity contribution is -0.128. The molecule has 1 amide bonds. The molecule has 1 heterocycles. The first-order chi connectivity index (χ1) is 15.0. The number of aliphatic hydroxyl groups excluding tert-OH is 1. The van der Waals surface area contributed by atoms with Crippen LogP contribution < -0.4 is 14.2 Å². The summed E-state index contributed by atoms with van der Waals surface area (Å²) in [5, 5.41) is 10.3. The molecular weight excluding hydrogens is 396 g/mol. The normalized spacial score (nSPS) is 14.7. The van der Waals surface area contributed by atoms with Crippen LogP contribution in [0.2, 0.25) is 0 Å². The molecule has 1 aliphatic heterocycles. The maximum absolute atomic E-state index is 11.6. The smallest absolute Gasteiger partial charge is 0.222 e. The van der Waals surface area contributed by atoms with Crippen LogP contribution in [0, 0.1) is 0 Å². The molecule has 3 rings (SSSR count). The predicted octanol–water partition coefficient (Wildman–Crippen LogP) is 2.57. The molecule has 1 saturated heterocycles. The summed E-state index contributed by atoms with van der Waals surface area (Å²) in [6.45, 7) is 3.42. The zero-order valence-corrected chi connectivity index (χ0v) is 18.3. The van der Waals surface area contributed by atoms with Gasteiger partial charge in [-0.3, -0.25) is 9.69 Å². The molecule has 0 radical (unpaired) electrons. The average Bonchev–Trinajstić information content (AvgIpc) is 3.18. The molecule has 2 aromatic carbocycles. The summed E-state index contributed by atoms with van der Waals surface area (Å²) in [6.07, 6.45) is 1.01. The fraction of sp³-hybridized carbons (Fsp3) is 0.458. The van der Waals surface area contributed by atoms with Gasteiger partial charge in [-0.05, 0) is 55.4 Å². The molecule has 1 aliphatic rings. The highest BCUT2D eigenvalue weighted by molar-refractivity contribution is 5.78. The summed E-state index contributed by atoms with van der Waals surface area (Å²) in [7, 11) is 3.59. The van der Waals surface area contributed by atoms with E-state index in [0.717, 1.165) is 30.0 Å². The van der Waals surface area contributed by atoms with Gasteiger partial charge in [-0.25, -0.2) is 0 Å². The molecule has 1 fully saturated rings. The minimum absolute atomic E-state index is 0.221. The molecule has 2 aromatic rings. The number of hydrogen-bond acceptors (Lipinski definition) is 6. The van der Waals surface area contributed by atoms with Crippen LogP contribution in [-0.4, -0.2) is 73.9 Å². The van der Waals surface area contributed by atoms with Gasteiger partial charge in [-0.1, -0.05) is 12.1 Å². The van der Waals surface area contributed by atoms with Crippen molar-refractivity contribution in [2.24, 2.45) is 0 Å². The van der Waals surface area contributed by atoms with Crippen LogP contribution in [0.5, 0.6) is 17.2 Å². The standard InChI is InChI=1S/C24H32N2O5/c1-25(17-20(27)18-31-23-11-9-21(29-2)10-12-23)16-19-5-7-22(8-6-19)30-15-14-26-13-3-4-24(26)28/h5-12,20,27H,3-4,13-18H2,1-2H3. The van der Waals surface area contributed by atoms with Gasteiger partial charge >= 0.3 is 0 Å². The first-order valence-corrected chi connectivity index (χ1v) is 10.7. The van der Waals surface area contributed by atoms with Crippen LogP contribution in [0.15, 0.2) is 48.5 Å². The number of likely N-dealkylation sites (tertiary alicyclic amines) is 1. The van der Waals surface area contributed by atoms with Crippen molar-refractivity contribution in [2.45, 2.75) is 25.5 Å². The fourth-order valence-electron chi connectivity index (χ4n) is 3.56. The van der Waals surface area contributed by atoms with E-state index in [2.05, 4.69) is 4.90 Å². The number of carbonyl (C=O) groups is 1. The molecular formula is C24H32N2O5. The van der Waals surface area contributed by atoms with E-state index >= 15 is 0 Å². The summed E-state index contributed by atoms with van der Waals surface area (Å²) >= 11 is 0. The Kier molecular flexibility index (Phi) is 8.55. The quantitative estimate of drug-likeness (QED) is 0.560. The number of aliphatic hydroxyl groups is 1. The molecule has 0 aromatic heterocycles. The second kappa shape index (κ2) is 11.6. The van der Waals surface area contributed by atoms with Gasteiger partial charge in [-0.15, -0.1) is 0 Å². The zero-order chi connectivity index (χ0) is 22.1. The third-order valence-corrected chi connectivity index (χ3v) is 5.20. The minimum atomic E-state index is -0.594. The van der Waals surface area contributed by atoms with E-state index in [0.29, 0.717) is 38.4 Å². The number of amides is 1. The molecule has 0 saturated carbocycles. The van der Waals surface area contributed by atoms with E-state index < -0.39 is 6.10 Å². The third-order valence-electron chi connectivity index (χ3n) is 5.20. The van der Waals surface area contributed by atoms with Crippen LogP contribution in [0.25, 0.3) is 0 Å². The number of benzene rings is 2. The van der Waals surface area contributed by atoms with Crippen molar-refractivity contribution in [3.05, 3.63) is 54.1 Å². The van der Waals surface area contributed by atoms with E-state index in [9.17, 15) is 9.90 Å². The number of nitrogens with zero attached hydrogens (tertiary/aromatic N) is 2. The van der Waals surface area contributed by atoms with Gasteiger partial charge < -0.3 is 24.2 Å². The van der Waals surface area contributed by atoms with Crippen LogP contribution in [0.4, 0.5) is 0 Å². The van der Waals surface area contributed by atoms with Gasteiger partial charge in [0, 0.05) is 26.1 Å². The number of rotatable bonds is 12. The highest BCUT2D eigenvalue weighted by Gasteiger charge is 2.19. The minimum Gasteiger partial charge on any atom is -0.497 e. The Hall–Kier alpha value is -2.77. The van der Waals surface area contributed by atoms with Gasteiger partial charge in [0.1, 0.15) is 36.6 Å². The Balaban J connectivity index is 1.35. The predicted molar refractivity (Wildman–Crippen MR) is 119 cm³/mol. The first-order valence-electron chi connectivity index (χ1n) is 10.7. The summed E-state index contributed by atoms with van der Waals surface area (Å²) in [5.74, 6) is 2.49. The Labute approximate surface area is 184 Å². The highest BCUT2D eigenvalue weighted by Crippen LogP contribution is 2.18. The molecule has 1 N–H and O–H groups in total. The van der Waals surface area contributed by atoms with Crippen LogP contribution >= 0.6 is 0 Å². The summed E-state index contributed by atoms with van der Waals surface area (Å²) in [4.78, 5) is 15.5. The molecule has 31 heavy (non-hydrogen) atoms. The van der Waals surface area contributed by atoms with Crippen molar-refractivity contribution in [1.29, 1.82) is 0 Å². The summed E-state index contributed by atoms with van der Waals surface area (Å²) in [6, 6.07) is 15.2. The van der Waals surface area contributed by atoms with E-state index in [4.69, 9.17) is 14.2 Å². The van der Waals surface area contributed by atoms with Gasteiger partial charge in [0.25, 0.3) is 0 Å². The van der Waals surface area contributed by atoms with Crippen molar-refractivity contribution >= 4 is 5.91 Å². The Bertz CT molecular complexity index is 810. The van der Waals surface area contributed by atoms with E-state index in [-0.39, 0.29) is 12.5 Å². The van der Waals surface area contributed by atoms with Crippen molar-refractivity contribution in [1.82, 2.24) is 9.80 Å². The van der Waals surface area contributed by atoms with Crippen molar-refractivity contribution < 1.29 is 24.1 Å². The Morgan fingerprint density at radius 3 is 2.32 bits per heavy atom. The van der Waals surface area contributed by atoms with E-state index in [1.165, 1.54) is 0 Å². The van der Waals surface area contributed by atoms with Gasteiger partial charge in [0.15, 0.2) is 0 Å². The highest BCUT2D eigenvalue weighted by atomic mass is 16.5. The Morgan fingerprint density at radius 1 is 1.03 bits per heavy atom. The van der Waals surface area contributed by atoms with Gasteiger partial charge in [0.2, 0.25) is 5.91 Å².